The van der Waals surface area contributed by atoms with E-state index in [0.717, 1.165) is 9.25 Å². The minimum atomic E-state index is -3.53. The molecule has 4 aromatic rings. The molecule has 15 heteroatoms. The summed E-state index contributed by atoms with van der Waals surface area (Å²) in [6.07, 6.45) is -0.626. The fraction of sp³-hybridized carbons (Fsp3) is 0.400. The van der Waals surface area contributed by atoms with Crippen LogP contribution in [0.25, 0.3) is 17.2 Å². The Morgan fingerprint density at radius 1 is 1.10 bits per heavy atom. The molecule has 0 spiro atoms. The zero-order valence-electron chi connectivity index (χ0n) is 22.6. The van der Waals surface area contributed by atoms with Crippen LogP contribution in [-0.2, 0) is 17.5 Å². The van der Waals surface area contributed by atoms with Gasteiger partial charge in [0.25, 0.3) is 12.3 Å². The predicted molar refractivity (Wildman–Crippen MR) is 148 cm³/mol. The van der Waals surface area contributed by atoms with Gasteiger partial charge in [0.15, 0.2) is 25.8 Å². The number of benzene rings is 1. The number of pyridine rings is 1. The van der Waals surface area contributed by atoms with Gasteiger partial charge in [-0.1, -0.05) is 32.4 Å². The minimum Gasteiger partial charge on any atom is -0.396 e. The first-order valence-electron chi connectivity index (χ1n) is 12.3. The number of nitrogens with two attached hydrogens (primary N) is 1. The van der Waals surface area contributed by atoms with Crippen LogP contribution in [0, 0.1) is 0 Å². The van der Waals surface area contributed by atoms with Gasteiger partial charge in [0.2, 0.25) is 0 Å². The van der Waals surface area contributed by atoms with E-state index in [1.807, 2.05) is 0 Å². The maximum atomic E-state index is 16.0. The average Bonchev–Trinajstić information content (AvgIpc) is 3.44. The maximum Gasteiger partial charge on any atom is 0.346 e. The van der Waals surface area contributed by atoms with Crippen LogP contribution in [0.2, 0.25) is 23.2 Å². The van der Waals surface area contributed by atoms with E-state index in [-0.39, 0.29) is 18.2 Å². The summed E-state index contributed by atoms with van der Waals surface area (Å²) >= 11 is 6.01. The molecule has 1 aromatic carbocycles. The van der Waals surface area contributed by atoms with Crippen molar-refractivity contribution in [1.29, 1.82) is 0 Å². The lowest BCUT2D eigenvalue weighted by molar-refractivity contribution is -0.183. The first-order chi connectivity index (χ1) is 18.6. The van der Waals surface area contributed by atoms with E-state index in [1.165, 1.54) is 17.2 Å². The predicted octanol–water partition coefficient (Wildman–Crippen LogP) is 4.92. The molecule has 4 rings (SSSR count). The number of aromatic nitrogens is 7. The monoisotopic (exact) mass is 594 g/mol. The summed E-state index contributed by atoms with van der Waals surface area (Å²) in [6, 6.07) is 9.52. The van der Waals surface area contributed by atoms with Crippen molar-refractivity contribution in [2.24, 2.45) is 0 Å². The Bertz CT molecular complexity index is 1550. The second-order valence-corrected chi connectivity index (χ2v) is 16.0. The smallest absolute Gasteiger partial charge is 0.346 e. The summed E-state index contributed by atoms with van der Waals surface area (Å²) in [6.45, 7) is 7.42. The molecule has 214 valence electrons. The average molecular weight is 595 g/mol. The third-order valence-corrected chi connectivity index (χ3v) is 11.5. The van der Waals surface area contributed by atoms with E-state index in [2.05, 4.69) is 20.2 Å². The lowest BCUT2D eigenvalue weighted by Gasteiger charge is -2.41. The van der Waals surface area contributed by atoms with Crippen molar-refractivity contribution in [3.05, 3.63) is 70.3 Å². The van der Waals surface area contributed by atoms with Crippen molar-refractivity contribution in [2.45, 2.75) is 64.3 Å². The van der Waals surface area contributed by atoms with Gasteiger partial charge in [-0.3, -0.25) is 4.57 Å². The van der Waals surface area contributed by atoms with E-state index in [9.17, 15) is 13.6 Å². The summed E-state index contributed by atoms with van der Waals surface area (Å²) in [5.74, 6) is -2.99. The standard InChI is InChI=1S/C25H30ClF3N8O2Si/c1-24(2,3)40(4,5)39-25(29,22(27)28)14-35-20(16-8-10-17(26)11-9-16)34-36(23(35)38)13-19-32-15-37(33-19)21-18(30)7-6-12-31-21/h6-12,15,22H,13-14,30H2,1-5H3. The molecule has 2 N–H and O–H groups in total. The zero-order valence-corrected chi connectivity index (χ0v) is 24.4. The van der Waals surface area contributed by atoms with Crippen molar-refractivity contribution in [3.63, 3.8) is 0 Å². The fourth-order valence-corrected chi connectivity index (χ4v) is 5.08. The molecule has 0 aliphatic rings. The molecular weight excluding hydrogens is 565 g/mol. The topological polar surface area (TPSA) is 119 Å². The Morgan fingerprint density at radius 3 is 2.38 bits per heavy atom. The summed E-state index contributed by atoms with van der Waals surface area (Å²) in [5.41, 5.74) is 5.83. The van der Waals surface area contributed by atoms with Crippen LogP contribution in [0.4, 0.5) is 18.9 Å². The minimum absolute atomic E-state index is 0.0448. The van der Waals surface area contributed by atoms with Crippen LogP contribution >= 0.6 is 11.6 Å². The Kier molecular flexibility index (Phi) is 7.98. The molecule has 3 heterocycles. The van der Waals surface area contributed by atoms with Gasteiger partial charge in [0.05, 0.1) is 12.2 Å². The third-order valence-electron chi connectivity index (χ3n) is 6.82. The Hall–Kier alpha value is -3.49. The van der Waals surface area contributed by atoms with Crippen LogP contribution in [0.5, 0.6) is 0 Å². The normalized spacial score (nSPS) is 14.1. The number of anilines is 1. The molecule has 0 amide bonds. The molecule has 1 unspecified atom stereocenters. The van der Waals surface area contributed by atoms with Crippen molar-refractivity contribution in [1.82, 2.24) is 34.1 Å². The molecule has 0 aliphatic heterocycles. The summed E-state index contributed by atoms with van der Waals surface area (Å²) in [4.78, 5) is 21.9. The van der Waals surface area contributed by atoms with E-state index in [0.29, 0.717) is 22.1 Å². The van der Waals surface area contributed by atoms with E-state index < -0.39 is 37.9 Å². The lowest BCUT2D eigenvalue weighted by atomic mass is 10.2. The number of halogens is 4. The fourth-order valence-electron chi connectivity index (χ4n) is 3.64. The van der Waals surface area contributed by atoms with Gasteiger partial charge in [-0.05, 0) is 54.5 Å². The molecule has 0 aliphatic carbocycles. The van der Waals surface area contributed by atoms with Crippen molar-refractivity contribution < 1.29 is 17.6 Å². The van der Waals surface area contributed by atoms with E-state index in [1.54, 1.807) is 70.3 Å². The number of nitrogens with zero attached hydrogens (tertiary/aromatic N) is 7. The molecule has 0 bridgehead atoms. The third kappa shape index (κ3) is 5.98. The van der Waals surface area contributed by atoms with Crippen molar-refractivity contribution in [2.75, 3.05) is 5.73 Å². The second kappa shape index (κ2) is 10.8. The Balaban J connectivity index is 1.76. The van der Waals surface area contributed by atoms with Crippen LogP contribution in [-0.4, -0.2) is 54.7 Å². The van der Waals surface area contributed by atoms with Gasteiger partial charge in [-0.2, -0.15) is 0 Å². The second-order valence-electron chi connectivity index (χ2n) is 10.8. The van der Waals surface area contributed by atoms with Crippen LogP contribution < -0.4 is 11.4 Å². The van der Waals surface area contributed by atoms with Crippen molar-refractivity contribution in [3.8, 4) is 17.2 Å². The highest BCUT2D eigenvalue weighted by Crippen LogP contribution is 2.41. The van der Waals surface area contributed by atoms with Crippen LogP contribution in [0.1, 0.15) is 26.6 Å². The molecular formula is C25H30ClF3N8O2Si. The molecule has 1 atom stereocenters. The van der Waals surface area contributed by atoms with E-state index in [4.69, 9.17) is 21.8 Å². The highest BCUT2D eigenvalue weighted by Gasteiger charge is 2.51. The quantitative estimate of drug-likeness (QED) is 0.273. The summed E-state index contributed by atoms with van der Waals surface area (Å²) < 4.78 is 53.3. The molecule has 0 saturated heterocycles. The number of hydrogen-bond donors (Lipinski definition) is 1. The largest absolute Gasteiger partial charge is 0.396 e. The van der Waals surface area contributed by atoms with Crippen molar-refractivity contribution >= 4 is 25.6 Å². The van der Waals surface area contributed by atoms with Gasteiger partial charge < -0.3 is 10.2 Å². The highest BCUT2D eigenvalue weighted by atomic mass is 35.5. The molecule has 3 aromatic heterocycles. The number of alkyl halides is 3. The SMILES string of the molecule is CC(C)(C)[Si](C)(C)OC(F)(Cn1c(-c2ccc(Cl)cc2)nn(Cc2ncn(-c3ncccc3N)n2)c1=O)C(F)F. The Morgan fingerprint density at radius 2 is 1.77 bits per heavy atom. The van der Waals surface area contributed by atoms with Gasteiger partial charge in [-0.15, -0.1) is 10.2 Å². The lowest BCUT2D eigenvalue weighted by Crippen LogP contribution is -2.53. The number of hydrogen-bond acceptors (Lipinski definition) is 7. The highest BCUT2D eigenvalue weighted by molar-refractivity contribution is 6.74. The molecule has 10 nitrogen and oxygen atoms in total. The van der Waals surface area contributed by atoms with Gasteiger partial charge >= 0.3 is 5.69 Å². The van der Waals surface area contributed by atoms with E-state index >= 15 is 4.39 Å². The summed E-state index contributed by atoms with van der Waals surface area (Å²) in [5, 5.41) is 8.49. The zero-order chi connectivity index (χ0) is 29.5. The summed E-state index contributed by atoms with van der Waals surface area (Å²) in [7, 11) is -3.02. The molecule has 0 fully saturated rings. The van der Waals surface area contributed by atoms with Gasteiger partial charge in [0, 0.05) is 16.8 Å². The first-order valence-corrected chi connectivity index (χ1v) is 15.6. The van der Waals surface area contributed by atoms with Gasteiger partial charge in [0.1, 0.15) is 12.9 Å². The maximum absolute atomic E-state index is 16.0. The molecule has 0 radical (unpaired) electrons. The molecule has 40 heavy (non-hydrogen) atoms. The first kappa shape index (κ1) is 29.5. The Labute approximate surface area is 234 Å². The molecule has 0 saturated carbocycles. The number of nitrogen functional groups attached to an aromatic ring is 1. The number of rotatable bonds is 9. The van der Waals surface area contributed by atoms with Gasteiger partial charge in [-0.25, -0.2) is 37.3 Å². The van der Waals surface area contributed by atoms with Crippen LogP contribution in [0.3, 0.4) is 0 Å². The van der Waals surface area contributed by atoms with Crippen LogP contribution in [0.15, 0.2) is 53.7 Å².